The van der Waals surface area contributed by atoms with E-state index in [1.807, 2.05) is 11.9 Å². The second kappa shape index (κ2) is 6.23. The van der Waals surface area contributed by atoms with E-state index in [0.29, 0.717) is 0 Å². The Labute approximate surface area is 116 Å². The third kappa shape index (κ3) is 2.95. The van der Waals surface area contributed by atoms with Crippen molar-refractivity contribution >= 4 is 5.91 Å². The lowest BCUT2D eigenvalue weighted by Crippen LogP contribution is -2.55. The lowest BCUT2D eigenvalue weighted by Gasteiger charge is -2.43. The lowest BCUT2D eigenvalue weighted by molar-refractivity contribution is -0.147. The molecule has 1 aliphatic heterocycles. The van der Waals surface area contributed by atoms with Crippen LogP contribution in [-0.4, -0.2) is 48.2 Å². The van der Waals surface area contributed by atoms with Crippen LogP contribution < -0.4 is 5.32 Å². The Balaban J connectivity index is 2.08. The van der Waals surface area contributed by atoms with E-state index in [9.17, 15) is 9.90 Å². The van der Waals surface area contributed by atoms with Gasteiger partial charge in [0.15, 0.2) is 0 Å². The van der Waals surface area contributed by atoms with Gasteiger partial charge in [-0.2, -0.15) is 0 Å². The first-order chi connectivity index (χ1) is 9.10. The Kier molecular flexibility index (Phi) is 4.85. The van der Waals surface area contributed by atoms with E-state index in [1.165, 1.54) is 0 Å². The van der Waals surface area contributed by atoms with Gasteiger partial charge >= 0.3 is 0 Å². The number of nitrogens with one attached hydrogen (secondary N) is 1. The molecule has 0 aromatic heterocycles. The summed E-state index contributed by atoms with van der Waals surface area (Å²) < 4.78 is 0. The van der Waals surface area contributed by atoms with E-state index in [1.54, 1.807) is 0 Å². The summed E-state index contributed by atoms with van der Waals surface area (Å²) in [6, 6.07) is 0.0200. The van der Waals surface area contributed by atoms with Crippen molar-refractivity contribution in [1.29, 1.82) is 0 Å². The SMILES string of the molecule is CCC1(C(=O)N(C)C2CCCCC2O)CCCNC1. The Morgan fingerprint density at radius 2 is 2.11 bits per heavy atom. The van der Waals surface area contributed by atoms with Crippen molar-refractivity contribution < 1.29 is 9.90 Å². The standard InChI is InChI=1S/C15H28N2O2/c1-3-15(9-6-10-16-11-15)14(19)17(2)12-7-4-5-8-13(12)18/h12-13,16,18H,3-11H2,1-2H3. The predicted octanol–water partition coefficient (Wildman–Crippen LogP) is 1.53. The topological polar surface area (TPSA) is 52.6 Å². The van der Waals surface area contributed by atoms with Crippen molar-refractivity contribution in [2.24, 2.45) is 5.41 Å². The lowest BCUT2D eigenvalue weighted by atomic mass is 9.76. The van der Waals surface area contributed by atoms with Crippen LogP contribution in [-0.2, 0) is 4.79 Å². The van der Waals surface area contributed by atoms with Gasteiger partial charge in [-0.15, -0.1) is 0 Å². The van der Waals surface area contributed by atoms with Crippen LogP contribution in [0.25, 0.3) is 0 Å². The maximum Gasteiger partial charge on any atom is 0.230 e. The predicted molar refractivity (Wildman–Crippen MR) is 75.9 cm³/mol. The molecule has 4 nitrogen and oxygen atoms in total. The largest absolute Gasteiger partial charge is 0.391 e. The molecule has 1 saturated carbocycles. The van der Waals surface area contributed by atoms with Gasteiger partial charge in [0.05, 0.1) is 17.6 Å². The van der Waals surface area contributed by atoms with Gasteiger partial charge in [0.25, 0.3) is 0 Å². The maximum atomic E-state index is 12.9. The van der Waals surface area contributed by atoms with Gasteiger partial charge in [-0.25, -0.2) is 0 Å². The summed E-state index contributed by atoms with van der Waals surface area (Å²) in [5.41, 5.74) is -0.246. The summed E-state index contributed by atoms with van der Waals surface area (Å²) >= 11 is 0. The van der Waals surface area contributed by atoms with Crippen molar-refractivity contribution in [3.05, 3.63) is 0 Å². The van der Waals surface area contributed by atoms with Crippen LogP contribution >= 0.6 is 0 Å². The molecule has 0 bridgehead atoms. The van der Waals surface area contributed by atoms with Gasteiger partial charge in [0.2, 0.25) is 5.91 Å². The van der Waals surface area contributed by atoms with Gasteiger partial charge in [-0.1, -0.05) is 19.8 Å². The first kappa shape index (κ1) is 14.8. The van der Waals surface area contributed by atoms with E-state index in [-0.39, 0.29) is 23.5 Å². The summed E-state index contributed by atoms with van der Waals surface area (Å²) in [4.78, 5) is 14.7. The summed E-state index contributed by atoms with van der Waals surface area (Å²) in [5.74, 6) is 0.230. The van der Waals surface area contributed by atoms with Crippen LogP contribution in [0.1, 0.15) is 51.9 Å². The van der Waals surface area contributed by atoms with Crippen LogP contribution in [0, 0.1) is 5.41 Å². The molecule has 0 radical (unpaired) electrons. The Bertz CT molecular complexity index is 313. The first-order valence-electron chi connectivity index (χ1n) is 7.77. The van der Waals surface area contributed by atoms with Gasteiger partial charge in [-0.3, -0.25) is 4.79 Å². The number of amides is 1. The number of carbonyl (C=O) groups excluding carboxylic acids is 1. The molecule has 0 spiro atoms. The quantitative estimate of drug-likeness (QED) is 0.816. The van der Waals surface area contributed by atoms with Crippen molar-refractivity contribution in [3.63, 3.8) is 0 Å². The highest BCUT2D eigenvalue weighted by atomic mass is 16.3. The summed E-state index contributed by atoms with van der Waals surface area (Å²) in [6.07, 6.45) is 6.57. The number of aliphatic hydroxyl groups excluding tert-OH is 1. The van der Waals surface area contributed by atoms with Crippen LogP contribution in [0.15, 0.2) is 0 Å². The number of carbonyl (C=O) groups is 1. The zero-order valence-corrected chi connectivity index (χ0v) is 12.3. The van der Waals surface area contributed by atoms with Gasteiger partial charge < -0.3 is 15.3 Å². The van der Waals surface area contributed by atoms with E-state index >= 15 is 0 Å². The summed E-state index contributed by atoms with van der Waals surface area (Å²) in [5, 5.41) is 13.5. The third-order valence-corrected chi connectivity index (χ3v) is 5.11. The molecule has 2 N–H and O–H groups in total. The fourth-order valence-electron chi connectivity index (χ4n) is 3.67. The molecule has 2 rings (SSSR count). The molecule has 1 saturated heterocycles. The third-order valence-electron chi connectivity index (χ3n) is 5.11. The molecule has 4 heteroatoms. The monoisotopic (exact) mass is 268 g/mol. The van der Waals surface area contributed by atoms with Crippen LogP contribution in [0.4, 0.5) is 0 Å². The van der Waals surface area contributed by atoms with Crippen molar-refractivity contribution in [2.75, 3.05) is 20.1 Å². The molecule has 3 unspecified atom stereocenters. The highest BCUT2D eigenvalue weighted by Gasteiger charge is 2.42. The zero-order valence-electron chi connectivity index (χ0n) is 12.3. The van der Waals surface area contributed by atoms with E-state index in [0.717, 1.165) is 58.0 Å². The normalized spacial score (nSPS) is 35.9. The second-order valence-corrected chi connectivity index (χ2v) is 6.25. The number of aliphatic hydroxyl groups is 1. The number of piperidine rings is 1. The average Bonchev–Trinajstić information content (AvgIpc) is 2.47. The fraction of sp³-hybridized carbons (Fsp3) is 0.933. The average molecular weight is 268 g/mol. The summed E-state index contributed by atoms with van der Waals surface area (Å²) in [6.45, 7) is 3.91. The molecule has 110 valence electrons. The molecule has 0 aromatic rings. The van der Waals surface area contributed by atoms with Crippen LogP contribution in [0.3, 0.4) is 0 Å². The Hall–Kier alpha value is -0.610. The molecule has 0 aromatic carbocycles. The van der Waals surface area contributed by atoms with E-state index < -0.39 is 0 Å². The highest BCUT2D eigenvalue weighted by molar-refractivity contribution is 5.83. The minimum atomic E-state index is -0.340. The number of likely N-dealkylation sites (N-methyl/N-ethyl adjacent to an activating group) is 1. The molecule has 3 atom stereocenters. The highest BCUT2D eigenvalue weighted by Crippen LogP contribution is 2.34. The smallest absolute Gasteiger partial charge is 0.230 e. The van der Waals surface area contributed by atoms with Gasteiger partial charge in [-0.05, 0) is 38.6 Å². The minimum absolute atomic E-state index is 0.0200. The van der Waals surface area contributed by atoms with E-state index in [4.69, 9.17) is 0 Å². The minimum Gasteiger partial charge on any atom is -0.391 e. The van der Waals surface area contributed by atoms with Crippen molar-refractivity contribution in [2.45, 2.75) is 64.0 Å². The summed E-state index contributed by atoms with van der Waals surface area (Å²) in [7, 11) is 1.88. The first-order valence-corrected chi connectivity index (χ1v) is 7.77. The molecule has 1 amide bonds. The molecular weight excluding hydrogens is 240 g/mol. The number of hydrogen-bond donors (Lipinski definition) is 2. The zero-order chi connectivity index (χ0) is 13.9. The Morgan fingerprint density at radius 3 is 2.68 bits per heavy atom. The molecule has 19 heavy (non-hydrogen) atoms. The van der Waals surface area contributed by atoms with Crippen LogP contribution in [0.5, 0.6) is 0 Å². The molecule has 2 fully saturated rings. The fourth-order valence-corrected chi connectivity index (χ4v) is 3.67. The maximum absolute atomic E-state index is 12.9. The number of rotatable bonds is 3. The Morgan fingerprint density at radius 1 is 1.37 bits per heavy atom. The van der Waals surface area contributed by atoms with Gasteiger partial charge in [0.1, 0.15) is 0 Å². The van der Waals surface area contributed by atoms with Crippen molar-refractivity contribution in [1.82, 2.24) is 10.2 Å². The van der Waals surface area contributed by atoms with E-state index in [2.05, 4.69) is 12.2 Å². The van der Waals surface area contributed by atoms with Gasteiger partial charge in [0, 0.05) is 13.6 Å². The van der Waals surface area contributed by atoms with Crippen LogP contribution in [0.2, 0.25) is 0 Å². The number of nitrogens with zero attached hydrogens (tertiary/aromatic N) is 1. The number of hydrogen-bond acceptors (Lipinski definition) is 3. The van der Waals surface area contributed by atoms with Crippen molar-refractivity contribution in [3.8, 4) is 0 Å². The molecule has 1 aliphatic carbocycles. The second-order valence-electron chi connectivity index (χ2n) is 6.25. The molecular formula is C15H28N2O2. The molecule has 2 aliphatic rings. The molecule has 1 heterocycles.